The summed E-state index contributed by atoms with van der Waals surface area (Å²) in [5, 5.41) is 0.588. The topological polar surface area (TPSA) is 87.5 Å². The van der Waals surface area contributed by atoms with Gasteiger partial charge in [-0.25, -0.2) is 9.78 Å². The Kier molecular flexibility index (Phi) is 5.41. The summed E-state index contributed by atoms with van der Waals surface area (Å²) in [5.41, 5.74) is -0.206. The number of ether oxygens (including phenoxy) is 2. The second-order valence-electron chi connectivity index (χ2n) is 5.63. The molecule has 0 unspecified atom stereocenters. The Labute approximate surface area is 154 Å². The lowest BCUT2D eigenvalue weighted by Gasteiger charge is -2.13. The number of aromatic nitrogens is 2. The normalized spacial score (nSPS) is 13.8. The van der Waals surface area contributed by atoms with E-state index in [2.05, 4.69) is 4.98 Å². The van der Waals surface area contributed by atoms with Gasteiger partial charge in [-0.05, 0) is 38.1 Å². The van der Waals surface area contributed by atoms with E-state index in [1.54, 1.807) is 24.3 Å². The molecule has 0 N–H and O–H groups in total. The summed E-state index contributed by atoms with van der Waals surface area (Å²) in [6.45, 7) is 4.39. The van der Waals surface area contributed by atoms with Gasteiger partial charge in [0.1, 0.15) is 11.3 Å². The summed E-state index contributed by atoms with van der Waals surface area (Å²) >= 11 is 1.46. The zero-order valence-electron chi connectivity index (χ0n) is 14.4. The summed E-state index contributed by atoms with van der Waals surface area (Å²) in [7, 11) is 0. The molecule has 0 bridgehead atoms. The molecular formula is C18H18N2O5S. The SMILES string of the molecule is CCOc1ccc(C(=O)[C@@H](C)OC(=O)c2cnc3n(c2=O)CCS3)cc1. The lowest BCUT2D eigenvalue weighted by Crippen LogP contribution is -2.31. The van der Waals surface area contributed by atoms with Crippen molar-refractivity contribution in [2.45, 2.75) is 31.7 Å². The van der Waals surface area contributed by atoms with Crippen LogP contribution in [0.2, 0.25) is 0 Å². The molecule has 3 rings (SSSR count). The number of carbonyl (C=O) groups is 2. The molecule has 0 amide bonds. The lowest BCUT2D eigenvalue weighted by molar-refractivity contribution is 0.0315. The molecule has 0 radical (unpaired) electrons. The number of esters is 1. The highest BCUT2D eigenvalue weighted by atomic mass is 32.2. The molecule has 0 spiro atoms. The molecule has 26 heavy (non-hydrogen) atoms. The van der Waals surface area contributed by atoms with Crippen LogP contribution in [0.25, 0.3) is 0 Å². The van der Waals surface area contributed by atoms with E-state index in [9.17, 15) is 14.4 Å². The molecule has 0 saturated heterocycles. The molecule has 0 fully saturated rings. The van der Waals surface area contributed by atoms with Crippen LogP contribution in [0.1, 0.15) is 34.6 Å². The summed E-state index contributed by atoms with van der Waals surface area (Å²) in [6.07, 6.45) is 0.190. The number of hydrogen-bond donors (Lipinski definition) is 0. The molecule has 136 valence electrons. The van der Waals surface area contributed by atoms with E-state index in [4.69, 9.17) is 9.47 Å². The maximum absolute atomic E-state index is 12.4. The molecule has 8 heteroatoms. The molecule has 1 aromatic heterocycles. The van der Waals surface area contributed by atoms with E-state index in [1.165, 1.54) is 29.4 Å². The Bertz CT molecular complexity index is 891. The summed E-state index contributed by atoms with van der Waals surface area (Å²) < 4.78 is 12.0. The van der Waals surface area contributed by atoms with Gasteiger partial charge in [0.2, 0.25) is 5.78 Å². The first kappa shape index (κ1) is 18.2. The third-order valence-electron chi connectivity index (χ3n) is 3.88. The Morgan fingerprint density at radius 3 is 2.73 bits per heavy atom. The standard InChI is InChI=1S/C18H18N2O5S/c1-3-24-13-6-4-12(5-7-13)15(21)11(2)25-17(23)14-10-19-18-20(16(14)22)8-9-26-18/h4-7,10-11H,3,8-9H2,1-2H3/t11-/m1/s1. The first-order valence-electron chi connectivity index (χ1n) is 8.22. The van der Waals surface area contributed by atoms with Crippen LogP contribution in [0.5, 0.6) is 5.75 Å². The van der Waals surface area contributed by atoms with Crippen molar-refractivity contribution < 1.29 is 19.1 Å². The number of rotatable bonds is 6. The number of ketones is 1. The van der Waals surface area contributed by atoms with Gasteiger partial charge in [-0.2, -0.15) is 0 Å². The van der Waals surface area contributed by atoms with Crippen molar-refractivity contribution in [2.75, 3.05) is 12.4 Å². The van der Waals surface area contributed by atoms with Crippen LogP contribution in [0.15, 0.2) is 40.4 Å². The number of hydrogen-bond acceptors (Lipinski definition) is 7. The number of fused-ring (bicyclic) bond motifs is 1. The molecule has 1 atom stereocenters. The van der Waals surface area contributed by atoms with Crippen molar-refractivity contribution in [3.8, 4) is 5.75 Å². The van der Waals surface area contributed by atoms with E-state index in [0.29, 0.717) is 29.6 Å². The van der Waals surface area contributed by atoms with Gasteiger partial charge in [0, 0.05) is 17.9 Å². The molecule has 1 aliphatic rings. The van der Waals surface area contributed by atoms with E-state index < -0.39 is 17.6 Å². The quantitative estimate of drug-likeness (QED) is 0.435. The van der Waals surface area contributed by atoms with Gasteiger partial charge in [-0.3, -0.25) is 14.2 Å². The number of nitrogens with zero attached hydrogens (tertiary/aromatic N) is 2. The van der Waals surface area contributed by atoms with Crippen LogP contribution in [0.4, 0.5) is 0 Å². The van der Waals surface area contributed by atoms with Crippen LogP contribution >= 0.6 is 11.8 Å². The number of Topliss-reactive ketones (excluding diaryl/α,β-unsaturated/α-hetero) is 1. The van der Waals surface area contributed by atoms with Gasteiger partial charge in [0.05, 0.1) is 12.8 Å². The van der Waals surface area contributed by atoms with E-state index in [1.807, 2.05) is 6.92 Å². The fourth-order valence-electron chi connectivity index (χ4n) is 2.55. The highest BCUT2D eigenvalue weighted by Gasteiger charge is 2.25. The van der Waals surface area contributed by atoms with Crippen molar-refractivity contribution in [1.82, 2.24) is 9.55 Å². The van der Waals surface area contributed by atoms with Crippen molar-refractivity contribution in [3.05, 3.63) is 51.9 Å². The minimum absolute atomic E-state index is 0.164. The van der Waals surface area contributed by atoms with Gasteiger partial charge in [-0.15, -0.1) is 0 Å². The average Bonchev–Trinajstić information content (AvgIpc) is 3.12. The Morgan fingerprint density at radius 1 is 1.31 bits per heavy atom. The van der Waals surface area contributed by atoms with Crippen LogP contribution in [0.3, 0.4) is 0 Å². The molecule has 2 aromatic rings. The Balaban J connectivity index is 1.71. The molecule has 0 aliphatic carbocycles. The van der Waals surface area contributed by atoms with Gasteiger partial charge in [0.25, 0.3) is 5.56 Å². The van der Waals surface area contributed by atoms with Gasteiger partial charge >= 0.3 is 5.97 Å². The van der Waals surface area contributed by atoms with Gasteiger partial charge in [0.15, 0.2) is 11.3 Å². The van der Waals surface area contributed by atoms with E-state index in [-0.39, 0.29) is 11.3 Å². The number of carbonyl (C=O) groups excluding carboxylic acids is 2. The smallest absolute Gasteiger partial charge is 0.346 e. The summed E-state index contributed by atoms with van der Waals surface area (Å²) in [6, 6.07) is 6.58. The third kappa shape index (κ3) is 3.65. The Hall–Kier alpha value is -2.61. The highest BCUT2D eigenvalue weighted by molar-refractivity contribution is 7.99. The van der Waals surface area contributed by atoms with E-state index >= 15 is 0 Å². The maximum atomic E-state index is 12.4. The number of benzene rings is 1. The molecule has 2 heterocycles. The zero-order chi connectivity index (χ0) is 18.7. The largest absolute Gasteiger partial charge is 0.494 e. The highest BCUT2D eigenvalue weighted by Crippen LogP contribution is 2.21. The summed E-state index contributed by atoms with van der Waals surface area (Å²) in [5.74, 6) is 0.198. The average molecular weight is 374 g/mol. The molecule has 1 aliphatic heterocycles. The van der Waals surface area contributed by atoms with E-state index in [0.717, 1.165) is 5.75 Å². The van der Waals surface area contributed by atoms with Crippen molar-refractivity contribution in [3.63, 3.8) is 0 Å². The zero-order valence-corrected chi connectivity index (χ0v) is 15.2. The molecule has 7 nitrogen and oxygen atoms in total. The number of thioether (sulfide) groups is 1. The van der Waals surface area contributed by atoms with Crippen LogP contribution in [-0.2, 0) is 11.3 Å². The molecule has 1 aromatic carbocycles. The second-order valence-corrected chi connectivity index (χ2v) is 6.69. The van der Waals surface area contributed by atoms with Crippen molar-refractivity contribution in [2.24, 2.45) is 0 Å². The minimum atomic E-state index is -1.02. The van der Waals surface area contributed by atoms with Crippen molar-refractivity contribution >= 4 is 23.5 Å². The van der Waals surface area contributed by atoms with Crippen LogP contribution < -0.4 is 10.3 Å². The van der Waals surface area contributed by atoms with Gasteiger partial charge in [-0.1, -0.05) is 11.8 Å². The first-order valence-corrected chi connectivity index (χ1v) is 9.20. The molecule has 0 saturated carbocycles. The Morgan fingerprint density at radius 2 is 2.04 bits per heavy atom. The van der Waals surface area contributed by atoms with Crippen molar-refractivity contribution in [1.29, 1.82) is 0 Å². The molecular weight excluding hydrogens is 356 g/mol. The maximum Gasteiger partial charge on any atom is 0.346 e. The van der Waals surface area contributed by atoms with Gasteiger partial charge < -0.3 is 9.47 Å². The van der Waals surface area contributed by atoms with Crippen LogP contribution in [0, 0.1) is 0 Å². The monoisotopic (exact) mass is 374 g/mol. The predicted octanol–water partition coefficient (Wildman–Crippen LogP) is 2.18. The second kappa shape index (κ2) is 7.74. The fraction of sp³-hybridized carbons (Fsp3) is 0.333. The first-order chi connectivity index (χ1) is 12.5. The third-order valence-corrected chi connectivity index (χ3v) is 4.85. The van der Waals surface area contributed by atoms with Crippen LogP contribution in [-0.4, -0.2) is 39.8 Å². The minimum Gasteiger partial charge on any atom is -0.494 e. The predicted molar refractivity (Wildman–Crippen MR) is 96.0 cm³/mol. The lowest BCUT2D eigenvalue weighted by atomic mass is 10.1. The fourth-order valence-corrected chi connectivity index (χ4v) is 3.47. The summed E-state index contributed by atoms with van der Waals surface area (Å²) in [4.78, 5) is 41.2.